The normalized spacial score (nSPS) is 11.2. The largest absolute Gasteiger partial charge is 0.325 e. The number of imidazole rings is 2. The molecule has 0 saturated heterocycles. The van der Waals surface area contributed by atoms with Crippen molar-refractivity contribution in [1.29, 1.82) is 0 Å². The van der Waals surface area contributed by atoms with Gasteiger partial charge in [0.1, 0.15) is 12.2 Å². The summed E-state index contributed by atoms with van der Waals surface area (Å²) in [7, 11) is 0. The van der Waals surface area contributed by atoms with E-state index in [1.165, 1.54) is 0 Å². The van der Waals surface area contributed by atoms with Crippen LogP contribution in [0.5, 0.6) is 0 Å². The molecule has 142 valence electrons. The summed E-state index contributed by atoms with van der Waals surface area (Å²) in [5.41, 5.74) is 6.58. The first kappa shape index (κ1) is 17.2. The van der Waals surface area contributed by atoms with Gasteiger partial charge in [0.2, 0.25) is 5.91 Å². The summed E-state index contributed by atoms with van der Waals surface area (Å²) in [6.45, 7) is 2.27. The Labute approximate surface area is 167 Å². The number of anilines is 1. The zero-order valence-corrected chi connectivity index (χ0v) is 15.9. The Kier molecular flexibility index (Phi) is 4.09. The number of carbonyl (C=O) groups is 1. The molecule has 1 amide bonds. The van der Waals surface area contributed by atoms with Crippen LogP contribution >= 0.6 is 0 Å². The maximum absolute atomic E-state index is 12.5. The van der Waals surface area contributed by atoms with Crippen LogP contribution in [0.3, 0.4) is 0 Å². The maximum Gasteiger partial charge on any atom is 0.244 e. The number of carbonyl (C=O) groups excluding carboxylic acids is 1. The number of para-hydroxylation sites is 2. The first-order valence-electron chi connectivity index (χ1n) is 9.42. The fourth-order valence-electron chi connectivity index (χ4n) is 3.51. The summed E-state index contributed by atoms with van der Waals surface area (Å²) < 4.78 is 3.87. The van der Waals surface area contributed by atoms with Crippen LogP contribution in [0.4, 0.5) is 5.69 Å². The quantitative estimate of drug-likeness (QED) is 0.505. The van der Waals surface area contributed by atoms with E-state index in [9.17, 15) is 4.79 Å². The molecule has 5 rings (SSSR count). The van der Waals surface area contributed by atoms with Gasteiger partial charge in [-0.25, -0.2) is 9.97 Å². The Morgan fingerprint density at radius 1 is 1.03 bits per heavy atom. The molecule has 0 unspecified atom stereocenters. The van der Waals surface area contributed by atoms with Crippen molar-refractivity contribution in [3.05, 3.63) is 84.9 Å². The highest BCUT2D eigenvalue weighted by Gasteiger charge is 2.09. The van der Waals surface area contributed by atoms with Gasteiger partial charge in [-0.05, 0) is 42.8 Å². The van der Waals surface area contributed by atoms with Gasteiger partial charge in [-0.1, -0.05) is 30.3 Å². The van der Waals surface area contributed by atoms with Crippen LogP contribution < -0.4 is 5.32 Å². The van der Waals surface area contributed by atoms with Crippen LogP contribution in [0.25, 0.3) is 27.9 Å². The van der Waals surface area contributed by atoms with Gasteiger partial charge in [0.25, 0.3) is 0 Å². The summed E-state index contributed by atoms with van der Waals surface area (Å²) in [5, 5.41) is 2.95. The third kappa shape index (κ3) is 3.25. The second-order valence-corrected chi connectivity index (χ2v) is 7.03. The maximum atomic E-state index is 12.5. The predicted octanol–water partition coefficient (Wildman–Crippen LogP) is 4.30. The van der Waals surface area contributed by atoms with E-state index < -0.39 is 0 Å². The summed E-state index contributed by atoms with van der Waals surface area (Å²) in [6, 6.07) is 19.6. The van der Waals surface area contributed by atoms with Crippen molar-refractivity contribution in [2.75, 3.05) is 5.32 Å². The van der Waals surface area contributed by atoms with Crippen LogP contribution in [0, 0.1) is 6.92 Å². The molecule has 3 heterocycles. The lowest BCUT2D eigenvalue weighted by molar-refractivity contribution is -0.116. The third-order valence-corrected chi connectivity index (χ3v) is 4.98. The van der Waals surface area contributed by atoms with Gasteiger partial charge in [-0.2, -0.15) is 0 Å². The van der Waals surface area contributed by atoms with Crippen molar-refractivity contribution in [3.8, 4) is 11.3 Å². The predicted molar refractivity (Wildman–Crippen MR) is 114 cm³/mol. The molecule has 0 aliphatic carbocycles. The minimum Gasteiger partial charge on any atom is -0.325 e. The van der Waals surface area contributed by atoms with Crippen molar-refractivity contribution in [1.82, 2.24) is 18.9 Å². The minimum absolute atomic E-state index is 0.0933. The number of hydrogen-bond acceptors (Lipinski definition) is 3. The standard InChI is InChI=1S/C23H19N5O/c1-16-5-4-12-27-13-20(26-23(16)27)17-8-10-18(11-9-17)25-22(29)14-28-15-24-19-6-2-3-7-21(19)28/h2-13,15H,14H2,1H3,(H,25,29). The average molecular weight is 381 g/mol. The molecular weight excluding hydrogens is 362 g/mol. The Bertz CT molecular complexity index is 1330. The van der Waals surface area contributed by atoms with Crippen molar-refractivity contribution in [2.45, 2.75) is 13.5 Å². The molecule has 0 spiro atoms. The Morgan fingerprint density at radius 2 is 1.86 bits per heavy atom. The Balaban J connectivity index is 1.32. The van der Waals surface area contributed by atoms with Gasteiger partial charge in [0.15, 0.2) is 0 Å². The molecule has 0 radical (unpaired) electrons. The minimum atomic E-state index is -0.0933. The molecule has 0 atom stereocenters. The fraction of sp³-hybridized carbons (Fsp3) is 0.0870. The Morgan fingerprint density at radius 3 is 2.69 bits per heavy atom. The highest BCUT2D eigenvalue weighted by molar-refractivity contribution is 5.91. The molecule has 2 aromatic carbocycles. The van der Waals surface area contributed by atoms with Crippen LogP contribution in [0.2, 0.25) is 0 Å². The Hall–Kier alpha value is -3.93. The number of pyridine rings is 1. The summed E-state index contributed by atoms with van der Waals surface area (Å²) >= 11 is 0. The monoisotopic (exact) mass is 381 g/mol. The number of nitrogens with one attached hydrogen (secondary N) is 1. The van der Waals surface area contributed by atoms with Gasteiger partial charge in [0, 0.05) is 23.6 Å². The number of nitrogens with zero attached hydrogens (tertiary/aromatic N) is 4. The molecule has 0 aliphatic rings. The number of aryl methyl sites for hydroxylation is 1. The molecule has 1 N–H and O–H groups in total. The van der Waals surface area contributed by atoms with Gasteiger partial charge in [-0.3, -0.25) is 4.79 Å². The summed E-state index contributed by atoms with van der Waals surface area (Å²) in [4.78, 5) is 21.5. The molecule has 0 fully saturated rings. The lowest BCUT2D eigenvalue weighted by atomic mass is 10.1. The second-order valence-electron chi connectivity index (χ2n) is 7.03. The van der Waals surface area contributed by atoms with Gasteiger partial charge in [0.05, 0.1) is 23.1 Å². The second kappa shape index (κ2) is 6.91. The molecule has 3 aromatic heterocycles. The first-order valence-corrected chi connectivity index (χ1v) is 9.42. The lowest BCUT2D eigenvalue weighted by Gasteiger charge is -2.07. The first-order chi connectivity index (χ1) is 14.2. The number of benzene rings is 2. The molecule has 5 aromatic rings. The van der Waals surface area contributed by atoms with Gasteiger partial charge in [-0.15, -0.1) is 0 Å². The van der Waals surface area contributed by atoms with Crippen LogP contribution in [-0.2, 0) is 11.3 Å². The number of rotatable bonds is 4. The smallest absolute Gasteiger partial charge is 0.244 e. The van der Waals surface area contributed by atoms with Crippen molar-refractivity contribution >= 4 is 28.3 Å². The fourth-order valence-corrected chi connectivity index (χ4v) is 3.51. The van der Waals surface area contributed by atoms with E-state index in [0.717, 1.165) is 39.2 Å². The van der Waals surface area contributed by atoms with E-state index in [0.29, 0.717) is 0 Å². The van der Waals surface area contributed by atoms with Crippen molar-refractivity contribution < 1.29 is 4.79 Å². The van der Waals surface area contributed by atoms with Crippen molar-refractivity contribution in [2.24, 2.45) is 0 Å². The number of fused-ring (bicyclic) bond motifs is 2. The molecule has 6 nitrogen and oxygen atoms in total. The van der Waals surface area contributed by atoms with Crippen LogP contribution in [0.15, 0.2) is 79.4 Å². The molecule has 29 heavy (non-hydrogen) atoms. The topological polar surface area (TPSA) is 64.2 Å². The van der Waals surface area contributed by atoms with Crippen LogP contribution in [0.1, 0.15) is 5.56 Å². The highest BCUT2D eigenvalue weighted by Crippen LogP contribution is 2.22. The van der Waals surface area contributed by atoms with Crippen molar-refractivity contribution in [3.63, 3.8) is 0 Å². The van der Waals surface area contributed by atoms with E-state index in [2.05, 4.69) is 10.3 Å². The summed E-state index contributed by atoms with van der Waals surface area (Å²) in [6.07, 6.45) is 5.70. The zero-order chi connectivity index (χ0) is 19.8. The van der Waals surface area contributed by atoms with E-state index in [1.807, 2.05) is 88.9 Å². The van der Waals surface area contributed by atoms with Crippen LogP contribution in [-0.4, -0.2) is 24.8 Å². The highest BCUT2D eigenvalue weighted by atomic mass is 16.1. The zero-order valence-electron chi connectivity index (χ0n) is 15.9. The molecule has 0 saturated carbocycles. The summed E-state index contributed by atoms with van der Waals surface area (Å²) in [5.74, 6) is -0.0933. The van der Waals surface area contributed by atoms with E-state index >= 15 is 0 Å². The molecular formula is C23H19N5O. The number of aromatic nitrogens is 4. The van der Waals surface area contributed by atoms with Gasteiger partial charge < -0.3 is 14.3 Å². The molecule has 6 heteroatoms. The SMILES string of the molecule is Cc1cccn2cc(-c3ccc(NC(=O)Cn4cnc5ccccc54)cc3)nc12. The molecule has 0 aliphatic heterocycles. The van der Waals surface area contributed by atoms with Gasteiger partial charge >= 0.3 is 0 Å². The average Bonchev–Trinajstić information content (AvgIpc) is 3.34. The number of amides is 1. The lowest BCUT2D eigenvalue weighted by Crippen LogP contribution is -2.18. The third-order valence-electron chi connectivity index (χ3n) is 4.98. The van der Waals surface area contributed by atoms with E-state index in [4.69, 9.17) is 4.98 Å². The van der Waals surface area contributed by atoms with E-state index in [-0.39, 0.29) is 12.5 Å². The number of hydrogen-bond donors (Lipinski definition) is 1. The molecule has 0 bridgehead atoms. The van der Waals surface area contributed by atoms with E-state index in [1.54, 1.807) is 6.33 Å².